The lowest BCUT2D eigenvalue weighted by molar-refractivity contribution is 0.0719. The summed E-state index contributed by atoms with van der Waals surface area (Å²) in [6, 6.07) is 8.03. The van der Waals surface area contributed by atoms with Gasteiger partial charge in [0.15, 0.2) is 0 Å². The molecule has 0 amide bonds. The Bertz CT molecular complexity index is 304. The van der Waals surface area contributed by atoms with Gasteiger partial charge < -0.3 is 19.5 Å². The second-order valence-electron chi connectivity index (χ2n) is 3.63. The number of ether oxygens (including phenoxy) is 3. The molecule has 0 aliphatic carbocycles. The van der Waals surface area contributed by atoms with E-state index in [1.165, 1.54) is 5.56 Å². The minimum absolute atomic E-state index is 0.649. The first-order valence-corrected chi connectivity index (χ1v) is 5.77. The van der Waals surface area contributed by atoms with Gasteiger partial charge in [-0.3, -0.25) is 0 Å². The Kier molecular flexibility index (Phi) is 7.38. The fourth-order valence-corrected chi connectivity index (χ4v) is 1.40. The van der Waals surface area contributed by atoms with Crippen LogP contribution in [0.2, 0.25) is 0 Å². The van der Waals surface area contributed by atoms with Crippen LogP contribution >= 0.6 is 0 Å². The van der Waals surface area contributed by atoms with Gasteiger partial charge >= 0.3 is 0 Å². The predicted octanol–water partition coefficient (Wildman–Crippen LogP) is 1.45. The predicted molar refractivity (Wildman–Crippen MR) is 67.4 cm³/mol. The molecule has 0 heterocycles. The van der Waals surface area contributed by atoms with Crippen LogP contribution in [0.15, 0.2) is 24.3 Å². The summed E-state index contributed by atoms with van der Waals surface area (Å²) in [6.45, 7) is 3.66. The highest BCUT2D eigenvalue weighted by molar-refractivity contribution is 5.28. The molecule has 0 aromatic heterocycles. The summed E-state index contributed by atoms with van der Waals surface area (Å²) in [5.74, 6) is 0.889. The molecule has 0 fully saturated rings. The first-order chi connectivity index (χ1) is 8.36. The van der Waals surface area contributed by atoms with E-state index in [9.17, 15) is 0 Å². The Morgan fingerprint density at radius 1 is 1.12 bits per heavy atom. The second kappa shape index (κ2) is 8.98. The van der Waals surface area contributed by atoms with Crippen molar-refractivity contribution in [2.24, 2.45) is 0 Å². The maximum absolute atomic E-state index is 5.34. The maximum Gasteiger partial charge on any atom is 0.119 e. The number of methoxy groups -OCH3 is 2. The third-order valence-corrected chi connectivity index (χ3v) is 2.32. The minimum atomic E-state index is 0.649. The molecule has 0 saturated heterocycles. The Hall–Kier alpha value is -1.10. The van der Waals surface area contributed by atoms with Gasteiger partial charge in [-0.05, 0) is 17.7 Å². The zero-order valence-electron chi connectivity index (χ0n) is 10.6. The quantitative estimate of drug-likeness (QED) is 0.662. The molecule has 0 aliphatic rings. The summed E-state index contributed by atoms with van der Waals surface area (Å²) < 4.78 is 15.4. The number of rotatable bonds is 9. The topological polar surface area (TPSA) is 39.7 Å². The van der Waals surface area contributed by atoms with Crippen molar-refractivity contribution in [3.8, 4) is 5.75 Å². The molecule has 0 atom stereocenters. The Morgan fingerprint density at radius 3 is 2.76 bits per heavy atom. The average molecular weight is 239 g/mol. The summed E-state index contributed by atoms with van der Waals surface area (Å²) >= 11 is 0. The first kappa shape index (κ1) is 14.0. The van der Waals surface area contributed by atoms with Gasteiger partial charge in [-0.2, -0.15) is 0 Å². The van der Waals surface area contributed by atoms with Crippen LogP contribution in [0.3, 0.4) is 0 Å². The van der Waals surface area contributed by atoms with E-state index in [0.29, 0.717) is 19.8 Å². The largest absolute Gasteiger partial charge is 0.497 e. The van der Waals surface area contributed by atoms with E-state index in [2.05, 4.69) is 11.4 Å². The molecule has 1 aromatic rings. The number of hydrogen-bond donors (Lipinski definition) is 1. The monoisotopic (exact) mass is 239 g/mol. The molecule has 0 saturated carbocycles. The van der Waals surface area contributed by atoms with E-state index in [1.807, 2.05) is 18.2 Å². The van der Waals surface area contributed by atoms with E-state index in [-0.39, 0.29) is 0 Å². The molecule has 0 unspecified atom stereocenters. The lowest BCUT2D eigenvalue weighted by Crippen LogP contribution is -2.20. The Labute approximate surface area is 103 Å². The van der Waals surface area contributed by atoms with Gasteiger partial charge in [0, 0.05) is 20.2 Å². The molecule has 1 rings (SSSR count). The third-order valence-electron chi connectivity index (χ3n) is 2.32. The van der Waals surface area contributed by atoms with E-state index < -0.39 is 0 Å². The maximum atomic E-state index is 5.34. The molecule has 17 heavy (non-hydrogen) atoms. The summed E-state index contributed by atoms with van der Waals surface area (Å²) in [5, 5.41) is 3.31. The van der Waals surface area contributed by atoms with Gasteiger partial charge in [0.1, 0.15) is 5.75 Å². The lowest BCUT2D eigenvalue weighted by atomic mass is 10.2. The van der Waals surface area contributed by atoms with Gasteiger partial charge in [-0.25, -0.2) is 0 Å². The highest BCUT2D eigenvalue weighted by Gasteiger charge is 1.95. The molecule has 4 nitrogen and oxygen atoms in total. The SMILES string of the molecule is COCCOCCNCc1cccc(OC)c1. The van der Waals surface area contributed by atoms with Gasteiger partial charge in [0.05, 0.1) is 26.9 Å². The highest BCUT2D eigenvalue weighted by atomic mass is 16.5. The number of benzene rings is 1. The van der Waals surface area contributed by atoms with Gasteiger partial charge in [0.2, 0.25) is 0 Å². The molecule has 0 aliphatic heterocycles. The average Bonchev–Trinajstić information content (AvgIpc) is 2.38. The molecule has 4 heteroatoms. The molecule has 0 radical (unpaired) electrons. The van der Waals surface area contributed by atoms with Crippen molar-refractivity contribution in [2.75, 3.05) is 40.6 Å². The summed E-state index contributed by atoms with van der Waals surface area (Å²) in [5.41, 5.74) is 1.21. The van der Waals surface area contributed by atoms with Crippen molar-refractivity contribution in [3.05, 3.63) is 29.8 Å². The van der Waals surface area contributed by atoms with E-state index in [4.69, 9.17) is 14.2 Å². The van der Waals surface area contributed by atoms with E-state index >= 15 is 0 Å². The van der Waals surface area contributed by atoms with Crippen LogP contribution in [-0.4, -0.2) is 40.6 Å². The molecule has 0 spiro atoms. The van der Waals surface area contributed by atoms with Gasteiger partial charge in [-0.15, -0.1) is 0 Å². The summed E-state index contributed by atoms with van der Waals surface area (Å²) in [4.78, 5) is 0. The van der Waals surface area contributed by atoms with Crippen LogP contribution in [0.5, 0.6) is 5.75 Å². The number of hydrogen-bond acceptors (Lipinski definition) is 4. The molecular weight excluding hydrogens is 218 g/mol. The molecule has 1 aromatic carbocycles. The van der Waals surface area contributed by atoms with Crippen molar-refractivity contribution in [1.29, 1.82) is 0 Å². The van der Waals surface area contributed by atoms with Gasteiger partial charge in [0.25, 0.3) is 0 Å². The molecule has 1 N–H and O–H groups in total. The molecule has 0 bridgehead atoms. The standard InChI is InChI=1S/C13H21NO3/c1-15-8-9-17-7-6-14-11-12-4-3-5-13(10-12)16-2/h3-5,10,14H,6-9,11H2,1-2H3. The van der Waals surface area contributed by atoms with Crippen molar-refractivity contribution in [1.82, 2.24) is 5.32 Å². The lowest BCUT2D eigenvalue weighted by Gasteiger charge is -2.07. The Morgan fingerprint density at radius 2 is 2.00 bits per heavy atom. The third kappa shape index (κ3) is 6.26. The highest BCUT2D eigenvalue weighted by Crippen LogP contribution is 2.11. The molecular formula is C13H21NO3. The van der Waals surface area contributed by atoms with Crippen LogP contribution < -0.4 is 10.1 Å². The van der Waals surface area contributed by atoms with Crippen LogP contribution in [0.4, 0.5) is 0 Å². The summed E-state index contributed by atoms with van der Waals surface area (Å²) in [6.07, 6.45) is 0. The minimum Gasteiger partial charge on any atom is -0.497 e. The van der Waals surface area contributed by atoms with Crippen molar-refractivity contribution in [2.45, 2.75) is 6.54 Å². The van der Waals surface area contributed by atoms with Crippen LogP contribution in [0.25, 0.3) is 0 Å². The summed E-state index contributed by atoms with van der Waals surface area (Å²) in [7, 11) is 3.35. The zero-order valence-corrected chi connectivity index (χ0v) is 10.6. The van der Waals surface area contributed by atoms with Gasteiger partial charge in [-0.1, -0.05) is 12.1 Å². The zero-order chi connectivity index (χ0) is 12.3. The van der Waals surface area contributed by atoms with Crippen LogP contribution in [0, 0.1) is 0 Å². The molecule has 96 valence electrons. The first-order valence-electron chi connectivity index (χ1n) is 5.77. The van der Waals surface area contributed by atoms with Crippen LogP contribution in [-0.2, 0) is 16.0 Å². The van der Waals surface area contributed by atoms with Crippen LogP contribution in [0.1, 0.15) is 5.56 Å². The van der Waals surface area contributed by atoms with Crippen molar-refractivity contribution in [3.63, 3.8) is 0 Å². The smallest absolute Gasteiger partial charge is 0.119 e. The fraction of sp³-hybridized carbons (Fsp3) is 0.538. The second-order valence-corrected chi connectivity index (χ2v) is 3.63. The fourth-order valence-electron chi connectivity index (χ4n) is 1.40. The van der Waals surface area contributed by atoms with Crippen molar-refractivity contribution < 1.29 is 14.2 Å². The number of nitrogens with one attached hydrogen (secondary N) is 1. The normalized spacial score (nSPS) is 10.5. The Balaban J connectivity index is 2.09. The van der Waals surface area contributed by atoms with E-state index in [0.717, 1.165) is 18.8 Å². The van der Waals surface area contributed by atoms with E-state index in [1.54, 1.807) is 14.2 Å². The van der Waals surface area contributed by atoms with Crippen molar-refractivity contribution >= 4 is 0 Å².